The van der Waals surface area contributed by atoms with Crippen LogP contribution in [-0.2, 0) is 6.54 Å². The molecule has 17 heavy (non-hydrogen) atoms. The molecule has 0 unspecified atom stereocenters. The Balaban J connectivity index is 2.40. The quantitative estimate of drug-likeness (QED) is 0.855. The minimum atomic E-state index is -0.987. The maximum absolute atomic E-state index is 11.1. The fourth-order valence-electron chi connectivity index (χ4n) is 1.60. The summed E-state index contributed by atoms with van der Waals surface area (Å²) in [7, 11) is 0. The van der Waals surface area contributed by atoms with Gasteiger partial charge in [-0.05, 0) is 19.9 Å². The van der Waals surface area contributed by atoms with Crippen molar-refractivity contribution >= 4 is 5.97 Å². The van der Waals surface area contributed by atoms with Crippen LogP contribution < -0.4 is 0 Å². The van der Waals surface area contributed by atoms with Gasteiger partial charge in [-0.1, -0.05) is 0 Å². The average molecular weight is 232 g/mol. The van der Waals surface area contributed by atoms with Crippen molar-refractivity contribution in [2.24, 2.45) is 0 Å². The fraction of sp³-hybridized carbons (Fsp3) is 0.273. The number of aromatic nitrogens is 4. The molecule has 0 fully saturated rings. The van der Waals surface area contributed by atoms with E-state index in [-0.39, 0.29) is 12.2 Å². The number of nitrogens with zero attached hydrogens (tertiary/aromatic N) is 4. The summed E-state index contributed by atoms with van der Waals surface area (Å²) in [5, 5.41) is 13.3. The lowest BCUT2D eigenvalue weighted by Crippen LogP contribution is -2.13. The van der Waals surface area contributed by atoms with Crippen LogP contribution in [0.1, 0.15) is 27.6 Å². The molecular formula is C11H12N4O2. The summed E-state index contributed by atoms with van der Waals surface area (Å²) in [5.74, 6) is -0.448. The zero-order chi connectivity index (χ0) is 12.4. The highest BCUT2D eigenvalue weighted by atomic mass is 16.4. The maximum Gasteiger partial charge on any atom is 0.354 e. The largest absolute Gasteiger partial charge is 0.477 e. The summed E-state index contributed by atoms with van der Waals surface area (Å²) in [6.45, 7) is 3.79. The molecule has 0 amide bonds. The van der Waals surface area contributed by atoms with Crippen LogP contribution in [0.3, 0.4) is 0 Å². The molecular weight excluding hydrogens is 220 g/mol. The predicted molar refractivity (Wildman–Crippen MR) is 59.8 cm³/mol. The Labute approximate surface area is 98.0 Å². The smallest absolute Gasteiger partial charge is 0.354 e. The van der Waals surface area contributed by atoms with E-state index in [0.29, 0.717) is 17.1 Å². The molecule has 0 aliphatic rings. The standard InChI is InChI=1S/C11H12N4O2/c1-7-8(2)14-15(10(7)11(16)17)6-9-12-4-3-5-13-9/h3-5H,6H2,1-2H3,(H,16,17). The normalized spacial score (nSPS) is 10.5. The van der Waals surface area contributed by atoms with Gasteiger partial charge in [0, 0.05) is 18.0 Å². The zero-order valence-electron chi connectivity index (χ0n) is 9.58. The van der Waals surface area contributed by atoms with Crippen molar-refractivity contribution in [1.82, 2.24) is 19.7 Å². The van der Waals surface area contributed by atoms with E-state index in [4.69, 9.17) is 5.11 Å². The molecule has 0 spiro atoms. The summed E-state index contributed by atoms with van der Waals surface area (Å²) in [6, 6.07) is 1.71. The first-order chi connectivity index (χ1) is 8.09. The maximum atomic E-state index is 11.1. The molecule has 88 valence electrons. The first-order valence-electron chi connectivity index (χ1n) is 5.13. The van der Waals surface area contributed by atoms with E-state index in [1.165, 1.54) is 4.68 Å². The molecule has 0 aliphatic carbocycles. The van der Waals surface area contributed by atoms with Gasteiger partial charge in [0.25, 0.3) is 0 Å². The molecule has 0 radical (unpaired) electrons. The van der Waals surface area contributed by atoms with E-state index < -0.39 is 5.97 Å². The lowest BCUT2D eigenvalue weighted by molar-refractivity contribution is 0.0683. The van der Waals surface area contributed by atoms with Crippen LogP contribution in [0.5, 0.6) is 0 Å². The van der Waals surface area contributed by atoms with Gasteiger partial charge in [0.1, 0.15) is 18.1 Å². The fourth-order valence-corrected chi connectivity index (χ4v) is 1.60. The lowest BCUT2D eigenvalue weighted by Gasteiger charge is -2.03. The van der Waals surface area contributed by atoms with Gasteiger partial charge >= 0.3 is 5.97 Å². The van der Waals surface area contributed by atoms with E-state index in [1.807, 2.05) is 0 Å². The van der Waals surface area contributed by atoms with Gasteiger partial charge in [-0.3, -0.25) is 0 Å². The van der Waals surface area contributed by atoms with Crippen LogP contribution in [0, 0.1) is 13.8 Å². The van der Waals surface area contributed by atoms with E-state index in [1.54, 1.807) is 32.3 Å². The highest BCUT2D eigenvalue weighted by molar-refractivity contribution is 5.87. The second-order valence-corrected chi connectivity index (χ2v) is 3.69. The van der Waals surface area contributed by atoms with Crippen LogP contribution in [0.4, 0.5) is 0 Å². The van der Waals surface area contributed by atoms with E-state index in [9.17, 15) is 4.79 Å². The monoisotopic (exact) mass is 232 g/mol. The van der Waals surface area contributed by atoms with Crippen molar-refractivity contribution in [2.75, 3.05) is 0 Å². The second-order valence-electron chi connectivity index (χ2n) is 3.69. The molecule has 0 atom stereocenters. The predicted octanol–water partition coefficient (Wildman–Crippen LogP) is 1.04. The summed E-state index contributed by atoms with van der Waals surface area (Å²) in [5.41, 5.74) is 1.57. The molecule has 6 heteroatoms. The van der Waals surface area contributed by atoms with E-state index in [2.05, 4.69) is 15.1 Å². The summed E-state index contributed by atoms with van der Waals surface area (Å²) in [6.07, 6.45) is 3.23. The van der Waals surface area contributed by atoms with Crippen LogP contribution in [0.2, 0.25) is 0 Å². The third-order valence-electron chi connectivity index (χ3n) is 2.54. The number of aromatic carboxylic acids is 1. The van der Waals surface area contributed by atoms with Crippen LogP contribution in [-0.4, -0.2) is 30.8 Å². The third-order valence-corrected chi connectivity index (χ3v) is 2.54. The van der Waals surface area contributed by atoms with Crippen LogP contribution in [0.25, 0.3) is 0 Å². The van der Waals surface area contributed by atoms with Crippen LogP contribution in [0.15, 0.2) is 18.5 Å². The van der Waals surface area contributed by atoms with Gasteiger partial charge in [0.15, 0.2) is 0 Å². The highest BCUT2D eigenvalue weighted by Gasteiger charge is 2.18. The number of carbonyl (C=O) groups is 1. The van der Waals surface area contributed by atoms with E-state index in [0.717, 1.165) is 0 Å². The molecule has 0 aromatic carbocycles. The lowest BCUT2D eigenvalue weighted by atomic mass is 10.2. The van der Waals surface area contributed by atoms with Gasteiger partial charge in [-0.2, -0.15) is 5.10 Å². The Morgan fingerprint density at radius 2 is 2.00 bits per heavy atom. The minimum absolute atomic E-state index is 0.190. The molecule has 0 aliphatic heterocycles. The first-order valence-corrected chi connectivity index (χ1v) is 5.13. The summed E-state index contributed by atoms with van der Waals surface area (Å²) in [4.78, 5) is 19.2. The number of carboxylic acid groups (broad SMARTS) is 1. The highest BCUT2D eigenvalue weighted by Crippen LogP contribution is 2.13. The number of carboxylic acids is 1. The molecule has 2 aromatic rings. The molecule has 0 bridgehead atoms. The molecule has 0 saturated carbocycles. The van der Waals surface area contributed by atoms with Crippen LogP contribution >= 0.6 is 0 Å². The Hall–Kier alpha value is -2.24. The van der Waals surface area contributed by atoms with Crippen molar-refractivity contribution in [3.63, 3.8) is 0 Å². The average Bonchev–Trinajstić information content (AvgIpc) is 2.56. The molecule has 2 heterocycles. The van der Waals surface area contributed by atoms with Gasteiger partial charge in [-0.25, -0.2) is 19.4 Å². The SMILES string of the molecule is Cc1nn(Cc2ncccn2)c(C(=O)O)c1C. The van der Waals surface area contributed by atoms with Crippen molar-refractivity contribution in [1.29, 1.82) is 0 Å². The molecule has 2 aromatic heterocycles. The van der Waals surface area contributed by atoms with Gasteiger partial charge in [-0.15, -0.1) is 0 Å². The Morgan fingerprint density at radius 1 is 1.35 bits per heavy atom. The zero-order valence-corrected chi connectivity index (χ0v) is 9.58. The minimum Gasteiger partial charge on any atom is -0.477 e. The van der Waals surface area contributed by atoms with Crippen molar-refractivity contribution in [3.05, 3.63) is 41.2 Å². The van der Waals surface area contributed by atoms with Gasteiger partial charge in [0.2, 0.25) is 0 Å². The van der Waals surface area contributed by atoms with Crippen molar-refractivity contribution in [3.8, 4) is 0 Å². The number of aryl methyl sites for hydroxylation is 1. The second kappa shape index (κ2) is 4.32. The van der Waals surface area contributed by atoms with Gasteiger partial charge in [0.05, 0.1) is 5.69 Å². The number of rotatable bonds is 3. The first kappa shape index (κ1) is 11.3. The molecule has 6 nitrogen and oxygen atoms in total. The van der Waals surface area contributed by atoms with E-state index >= 15 is 0 Å². The molecule has 1 N–H and O–H groups in total. The third kappa shape index (κ3) is 2.15. The Bertz CT molecular complexity index is 548. The summed E-state index contributed by atoms with van der Waals surface area (Å²) >= 11 is 0. The van der Waals surface area contributed by atoms with Crippen molar-refractivity contribution < 1.29 is 9.90 Å². The van der Waals surface area contributed by atoms with Gasteiger partial charge < -0.3 is 5.11 Å². The Morgan fingerprint density at radius 3 is 2.59 bits per heavy atom. The number of hydrogen-bond acceptors (Lipinski definition) is 4. The molecule has 2 rings (SSSR count). The molecule has 0 saturated heterocycles. The van der Waals surface area contributed by atoms with Crippen molar-refractivity contribution in [2.45, 2.75) is 20.4 Å². The Kier molecular flexibility index (Phi) is 2.86. The number of hydrogen-bond donors (Lipinski definition) is 1. The topological polar surface area (TPSA) is 80.9 Å². The summed E-state index contributed by atoms with van der Waals surface area (Å²) < 4.78 is 1.42.